The van der Waals surface area contributed by atoms with Gasteiger partial charge < -0.3 is 30.3 Å². The number of ether oxygens (including phenoxy) is 2. The van der Waals surface area contributed by atoms with Crippen molar-refractivity contribution in [2.75, 3.05) is 95.0 Å². The van der Waals surface area contributed by atoms with Crippen LogP contribution >= 0.6 is 48.0 Å². The molecule has 4 fully saturated rings. The van der Waals surface area contributed by atoms with Crippen LogP contribution < -0.4 is 30.7 Å². The Bertz CT molecular complexity index is 1470. The number of anilines is 4. The fourth-order valence-corrected chi connectivity index (χ4v) is 7.29. The lowest BCUT2D eigenvalue weighted by atomic mass is 10.2. The number of benzene rings is 2. The van der Waals surface area contributed by atoms with Crippen LogP contribution in [0.4, 0.5) is 41.1 Å². The van der Waals surface area contributed by atoms with Gasteiger partial charge in [0.05, 0.1) is 47.4 Å². The topological polar surface area (TPSA) is 104 Å². The first-order chi connectivity index (χ1) is 23.5. The van der Waals surface area contributed by atoms with Gasteiger partial charge in [-0.2, -0.15) is 23.5 Å². The lowest BCUT2D eigenvalue weighted by molar-refractivity contribution is 0.142. The van der Waals surface area contributed by atoms with E-state index in [9.17, 15) is 18.4 Å². The van der Waals surface area contributed by atoms with E-state index in [1.807, 2.05) is 47.2 Å². The summed E-state index contributed by atoms with van der Waals surface area (Å²) in [6.07, 6.45) is -1.53. The van der Waals surface area contributed by atoms with E-state index in [-0.39, 0.29) is 30.4 Å². The summed E-state index contributed by atoms with van der Waals surface area (Å²) < 4.78 is 39.2. The monoisotopic (exact) mass is 754 g/mol. The Labute approximate surface area is 306 Å². The summed E-state index contributed by atoms with van der Waals surface area (Å²) in [6, 6.07) is 9.85. The Hall–Kier alpha value is -2.92. The molecule has 3 N–H and O–H groups in total. The number of cyclic esters (lactones) is 2. The lowest BCUT2D eigenvalue weighted by Crippen LogP contribution is -2.33. The van der Waals surface area contributed by atoms with Gasteiger partial charge in [0.2, 0.25) is 0 Å². The van der Waals surface area contributed by atoms with E-state index in [0.29, 0.717) is 47.4 Å². The molecule has 49 heavy (non-hydrogen) atoms. The molecule has 0 unspecified atom stereocenters. The summed E-state index contributed by atoms with van der Waals surface area (Å²) >= 11 is 13.3. The van der Waals surface area contributed by atoms with Crippen molar-refractivity contribution in [3.8, 4) is 0 Å². The minimum Gasteiger partial charge on any atom is -0.443 e. The van der Waals surface area contributed by atoms with Crippen molar-refractivity contribution in [2.24, 2.45) is 5.73 Å². The largest absolute Gasteiger partial charge is 0.443 e. The molecule has 0 radical (unpaired) electrons. The van der Waals surface area contributed by atoms with Gasteiger partial charge in [-0.3, -0.25) is 9.80 Å². The number of thiocarbonyl (C=S) groups is 2. The Kier molecular flexibility index (Phi) is 15.0. The van der Waals surface area contributed by atoms with Gasteiger partial charge in [-0.1, -0.05) is 24.4 Å². The molecule has 0 saturated carbocycles. The number of halogens is 2. The normalized spacial score (nSPS) is 20.4. The van der Waals surface area contributed by atoms with Crippen molar-refractivity contribution in [2.45, 2.75) is 33.0 Å². The van der Waals surface area contributed by atoms with Crippen LogP contribution in [0.2, 0.25) is 0 Å². The van der Waals surface area contributed by atoms with Crippen LogP contribution in [-0.4, -0.2) is 110 Å². The summed E-state index contributed by atoms with van der Waals surface area (Å²) in [4.78, 5) is 32.4. The lowest BCUT2D eigenvalue weighted by Gasteiger charge is -2.29. The quantitative estimate of drug-likeness (QED) is 0.339. The van der Waals surface area contributed by atoms with Gasteiger partial charge in [-0.05, 0) is 62.0 Å². The van der Waals surface area contributed by atoms with Gasteiger partial charge in [0.25, 0.3) is 0 Å². The number of nitrogens with one attached hydrogen (secondary N) is 1. The Morgan fingerprint density at radius 2 is 1.20 bits per heavy atom. The molecular formula is C33H44F2N6O4S4. The fourth-order valence-electron chi connectivity index (χ4n) is 5.40. The van der Waals surface area contributed by atoms with Crippen molar-refractivity contribution in [3.63, 3.8) is 0 Å². The molecule has 2 aromatic carbocycles. The molecular weight excluding hydrogens is 711 g/mol. The highest BCUT2D eigenvalue weighted by atomic mass is 32.2. The number of amides is 2. The van der Waals surface area contributed by atoms with E-state index >= 15 is 0 Å². The summed E-state index contributed by atoms with van der Waals surface area (Å²) in [5.41, 5.74) is 7.74. The molecule has 10 nitrogen and oxygen atoms in total. The van der Waals surface area contributed by atoms with Gasteiger partial charge in [0, 0.05) is 55.7 Å². The number of carbonyl (C=O) groups is 2. The number of rotatable bonds is 7. The van der Waals surface area contributed by atoms with Crippen LogP contribution in [0.3, 0.4) is 0 Å². The number of nitrogens with zero attached hydrogens (tertiary/aromatic N) is 4. The minimum atomic E-state index is -0.466. The molecule has 268 valence electrons. The minimum absolute atomic E-state index is 0.272. The van der Waals surface area contributed by atoms with Crippen LogP contribution in [-0.2, 0) is 9.47 Å². The second kappa shape index (κ2) is 18.9. The molecule has 2 atom stereocenters. The van der Waals surface area contributed by atoms with Gasteiger partial charge >= 0.3 is 12.2 Å². The second-order valence-electron chi connectivity index (χ2n) is 11.8. The maximum Gasteiger partial charge on any atom is 0.414 e. The van der Waals surface area contributed by atoms with Crippen LogP contribution in [0.25, 0.3) is 0 Å². The maximum absolute atomic E-state index is 14.5. The molecule has 0 aliphatic carbocycles. The van der Waals surface area contributed by atoms with Gasteiger partial charge in [-0.15, -0.1) is 0 Å². The van der Waals surface area contributed by atoms with E-state index in [0.717, 1.165) is 54.1 Å². The maximum atomic E-state index is 14.5. The molecule has 16 heteroatoms. The van der Waals surface area contributed by atoms with E-state index in [2.05, 4.69) is 17.5 Å². The molecule has 4 aliphatic heterocycles. The Morgan fingerprint density at radius 3 is 1.57 bits per heavy atom. The molecule has 4 aliphatic rings. The highest BCUT2D eigenvalue weighted by Crippen LogP contribution is 2.30. The van der Waals surface area contributed by atoms with Crippen molar-refractivity contribution in [1.29, 1.82) is 0 Å². The zero-order valence-electron chi connectivity index (χ0n) is 28.0. The SMILES string of the molecule is CC(=S)NC[C@H]1CN(c2ccc(N3CCSCC3)c(F)c2)C(=O)O1.CC(C)=S.NC[C@H]1CN(c2ccc(N3CCSCC3)c(F)c2)C(=O)O1. The number of carbonyl (C=O) groups excluding carboxylic acids is 2. The zero-order valence-corrected chi connectivity index (χ0v) is 31.3. The number of hydrogen-bond donors (Lipinski definition) is 2. The van der Waals surface area contributed by atoms with E-state index in [4.69, 9.17) is 27.4 Å². The van der Waals surface area contributed by atoms with Crippen molar-refractivity contribution in [1.82, 2.24) is 5.32 Å². The number of nitrogens with two attached hydrogens (primary N) is 1. The van der Waals surface area contributed by atoms with Gasteiger partial charge in [-0.25, -0.2) is 18.4 Å². The predicted molar refractivity (Wildman–Crippen MR) is 206 cm³/mol. The third-order valence-electron chi connectivity index (χ3n) is 7.78. The average Bonchev–Trinajstić information content (AvgIpc) is 3.66. The molecule has 2 amide bonds. The van der Waals surface area contributed by atoms with Gasteiger partial charge in [0.15, 0.2) is 0 Å². The van der Waals surface area contributed by atoms with E-state index in [1.165, 1.54) is 21.9 Å². The third-order valence-corrected chi connectivity index (χ3v) is 9.81. The smallest absolute Gasteiger partial charge is 0.414 e. The predicted octanol–water partition coefficient (Wildman–Crippen LogP) is 5.70. The van der Waals surface area contributed by atoms with Crippen molar-refractivity contribution in [3.05, 3.63) is 48.0 Å². The number of hydrogen-bond acceptors (Lipinski definition) is 11. The fraction of sp³-hybridized carbons (Fsp3) is 0.515. The van der Waals surface area contributed by atoms with Crippen LogP contribution in [0.5, 0.6) is 0 Å². The Morgan fingerprint density at radius 1 is 0.796 bits per heavy atom. The molecule has 6 rings (SSSR count). The number of thioether (sulfide) groups is 2. The van der Waals surface area contributed by atoms with Gasteiger partial charge in [0.1, 0.15) is 23.8 Å². The molecule has 0 aromatic heterocycles. The average molecular weight is 755 g/mol. The highest BCUT2D eigenvalue weighted by Gasteiger charge is 2.33. The van der Waals surface area contributed by atoms with Crippen LogP contribution in [0.1, 0.15) is 20.8 Å². The van der Waals surface area contributed by atoms with Crippen LogP contribution in [0.15, 0.2) is 36.4 Å². The van der Waals surface area contributed by atoms with E-state index in [1.54, 1.807) is 31.2 Å². The standard InChI is InChI=1S/C16H20FN3O2S2.C14H18FN3O2S.C3H6S/c1-11(23)18-9-13-10-20(16(21)22-13)12-2-3-15(14(17)8-12)19-4-6-24-7-5-19;15-12-7-10(18-9-11(8-16)20-14(18)19)1-2-13(12)17-3-5-21-6-4-17;1-3(2)4/h2-3,8,13H,4-7,9-10H2,1H3,(H,18,23);1-2,7,11H,3-6,8-9,16H2;1-2H3/t13-;11-;/m00./s1. The molecule has 4 heterocycles. The van der Waals surface area contributed by atoms with Crippen LogP contribution in [0, 0.1) is 11.6 Å². The summed E-state index contributed by atoms with van der Waals surface area (Å²) in [6.45, 7) is 10.4. The molecule has 0 bridgehead atoms. The van der Waals surface area contributed by atoms with E-state index < -0.39 is 12.2 Å². The Balaban J connectivity index is 0.000000201. The first-order valence-electron chi connectivity index (χ1n) is 16.1. The van der Waals surface area contributed by atoms with Crippen molar-refractivity contribution < 1.29 is 27.8 Å². The third kappa shape index (κ3) is 11.3. The molecule has 2 aromatic rings. The highest BCUT2D eigenvalue weighted by molar-refractivity contribution is 7.99. The second-order valence-corrected chi connectivity index (χ2v) is 15.7. The zero-order chi connectivity index (χ0) is 35.5. The summed E-state index contributed by atoms with van der Waals surface area (Å²) in [5.74, 6) is 3.43. The molecule has 4 saturated heterocycles. The first-order valence-corrected chi connectivity index (χ1v) is 19.2. The first kappa shape index (κ1) is 38.9. The summed E-state index contributed by atoms with van der Waals surface area (Å²) in [5, 5.41) is 2.99. The molecule has 0 spiro atoms. The van der Waals surface area contributed by atoms with Crippen molar-refractivity contribution >= 4 is 92.7 Å². The summed E-state index contributed by atoms with van der Waals surface area (Å²) in [7, 11) is 0.